The van der Waals surface area contributed by atoms with E-state index in [4.69, 9.17) is 0 Å². The van der Waals surface area contributed by atoms with E-state index < -0.39 is 0 Å². The lowest BCUT2D eigenvalue weighted by molar-refractivity contribution is -0.116. The first-order chi connectivity index (χ1) is 13.2. The van der Waals surface area contributed by atoms with Crippen molar-refractivity contribution in [1.29, 1.82) is 0 Å². The van der Waals surface area contributed by atoms with Crippen LogP contribution in [-0.4, -0.2) is 27.2 Å². The third-order valence-corrected chi connectivity index (χ3v) is 6.47. The zero-order chi connectivity index (χ0) is 18.4. The van der Waals surface area contributed by atoms with Crippen molar-refractivity contribution in [3.63, 3.8) is 0 Å². The van der Waals surface area contributed by atoms with Crippen molar-refractivity contribution in [1.82, 2.24) is 25.6 Å². The molecule has 0 saturated carbocycles. The van der Waals surface area contributed by atoms with Gasteiger partial charge in [0.2, 0.25) is 5.91 Å². The molecule has 0 spiro atoms. The van der Waals surface area contributed by atoms with Crippen molar-refractivity contribution >= 4 is 23.1 Å². The molecular formula is C19H20N6OS. The number of nitrogens with zero attached hydrogens (tertiary/aromatic N) is 3. The third kappa shape index (κ3) is 2.86. The monoisotopic (exact) mass is 380 g/mol. The Labute approximate surface area is 160 Å². The fourth-order valence-corrected chi connectivity index (χ4v) is 5.07. The summed E-state index contributed by atoms with van der Waals surface area (Å²) < 4.78 is 1.75. The van der Waals surface area contributed by atoms with E-state index in [9.17, 15) is 4.79 Å². The molecule has 0 aliphatic carbocycles. The lowest BCUT2D eigenvalue weighted by Gasteiger charge is -2.23. The standard InChI is InChI=1S/C19H20N6OS/c1-25-19-17(18(24-25)13-4-2-3-8-20-13)11(10-16(26)22-19)14-5-6-15(27-14)12-7-9-21-23-12/h2-6,8,11-12,21,23H,7,9-10H2,1H3,(H,22,26). The summed E-state index contributed by atoms with van der Waals surface area (Å²) in [7, 11) is 1.86. The molecule has 2 unspecified atom stereocenters. The van der Waals surface area contributed by atoms with Crippen molar-refractivity contribution in [2.75, 3.05) is 11.9 Å². The van der Waals surface area contributed by atoms with Crippen molar-refractivity contribution in [3.8, 4) is 11.4 Å². The quantitative estimate of drug-likeness (QED) is 0.650. The summed E-state index contributed by atoms with van der Waals surface area (Å²) in [6.45, 7) is 0.973. The maximum atomic E-state index is 12.4. The fourth-order valence-electron chi connectivity index (χ4n) is 3.86. The minimum absolute atomic E-state index is 0.00688. The zero-order valence-electron chi connectivity index (χ0n) is 14.9. The fraction of sp³-hybridized carbons (Fsp3) is 0.316. The second-order valence-electron chi connectivity index (χ2n) is 6.91. The van der Waals surface area contributed by atoms with Gasteiger partial charge in [-0.1, -0.05) is 6.07 Å². The van der Waals surface area contributed by atoms with Crippen molar-refractivity contribution in [2.24, 2.45) is 7.05 Å². The van der Waals surface area contributed by atoms with Crippen LogP contribution in [0.5, 0.6) is 0 Å². The van der Waals surface area contributed by atoms with Crippen LogP contribution in [0, 0.1) is 0 Å². The molecule has 0 bridgehead atoms. The lowest BCUT2D eigenvalue weighted by atomic mass is 9.89. The zero-order valence-corrected chi connectivity index (χ0v) is 15.7. The number of anilines is 1. The molecule has 0 aromatic carbocycles. The molecule has 8 heteroatoms. The largest absolute Gasteiger partial charge is 0.311 e. The van der Waals surface area contributed by atoms with Gasteiger partial charge in [-0.3, -0.25) is 19.9 Å². The van der Waals surface area contributed by atoms with Crippen molar-refractivity contribution < 1.29 is 4.79 Å². The van der Waals surface area contributed by atoms with Gasteiger partial charge in [0.1, 0.15) is 11.5 Å². The molecule has 5 heterocycles. The number of fused-ring (bicyclic) bond motifs is 1. The van der Waals surface area contributed by atoms with Crippen molar-refractivity contribution in [2.45, 2.75) is 24.8 Å². The molecule has 3 N–H and O–H groups in total. The summed E-state index contributed by atoms with van der Waals surface area (Å²) in [4.78, 5) is 19.4. The van der Waals surface area contributed by atoms with Crippen LogP contribution in [0.25, 0.3) is 11.4 Å². The van der Waals surface area contributed by atoms with Crippen LogP contribution in [-0.2, 0) is 11.8 Å². The van der Waals surface area contributed by atoms with Crippen LogP contribution >= 0.6 is 11.3 Å². The van der Waals surface area contributed by atoms with Crippen molar-refractivity contribution in [3.05, 3.63) is 51.8 Å². The van der Waals surface area contributed by atoms with E-state index in [1.165, 1.54) is 9.75 Å². The predicted octanol–water partition coefficient (Wildman–Crippen LogP) is 2.56. The highest BCUT2D eigenvalue weighted by molar-refractivity contribution is 7.12. The highest BCUT2D eigenvalue weighted by Crippen LogP contribution is 2.44. The third-order valence-electron chi connectivity index (χ3n) is 5.16. The summed E-state index contributed by atoms with van der Waals surface area (Å²) >= 11 is 1.78. The van der Waals surface area contributed by atoms with E-state index in [1.54, 1.807) is 22.2 Å². The molecule has 0 radical (unpaired) electrons. The minimum Gasteiger partial charge on any atom is -0.311 e. The number of thiophene rings is 1. The first-order valence-corrected chi connectivity index (χ1v) is 9.88. The molecule has 27 heavy (non-hydrogen) atoms. The Morgan fingerprint density at radius 3 is 2.89 bits per heavy atom. The number of carbonyl (C=O) groups excluding carboxylic acids is 1. The summed E-state index contributed by atoms with van der Waals surface area (Å²) in [6.07, 6.45) is 3.27. The Kier molecular flexibility index (Phi) is 4.04. The number of pyridine rings is 1. The normalized spacial score (nSPS) is 21.9. The number of rotatable bonds is 3. The molecule has 5 rings (SSSR count). The first kappa shape index (κ1) is 16.6. The summed E-state index contributed by atoms with van der Waals surface area (Å²) in [6, 6.07) is 10.5. The second-order valence-corrected chi connectivity index (χ2v) is 8.05. The Balaban J connectivity index is 1.60. The SMILES string of the molecule is Cn1nc(-c2ccccn2)c2c1NC(=O)CC2c1ccc(C2CCNN2)s1. The number of aromatic nitrogens is 3. The number of hydrogen-bond acceptors (Lipinski definition) is 6. The van der Waals surface area contributed by atoms with Crippen LogP contribution < -0.4 is 16.2 Å². The van der Waals surface area contributed by atoms with Crippen LogP contribution in [0.4, 0.5) is 5.82 Å². The molecule has 2 aliphatic rings. The smallest absolute Gasteiger partial charge is 0.226 e. The second kappa shape index (κ2) is 6.56. The topological polar surface area (TPSA) is 83.9 Å². The molecule has 3 aromatic heterocycles. The van der Waals surface area contributed by atoms with Crippen LogP contribution in [0.1, 0.15) is 40.1 Å². The number of hydrogen-bond donors (Lipinski definition) is 3. The highest BCUT2D eigenvalue weighted by atomic mass is 32.1. The summed E-state index contributed by atoms with van der Waals surface area (Å²) in [5.74, 6) is 0.791. The average Bonchev–Trinajstić information content (AvgIpc) is 3.42. The summed E-state index contributed by atoms with van der Waals surface area (Å²) in [5, 5.41) is 7.67. The molecule has 7 nitrogen and oxygen atoms in total. The molecule has 1 amide bonds. The van der Waals surface area contributed by atoms with Gasteiger partial charge in [-0.15, -0.1) is 11.3 Å². The Morgan fingerprint density at radius 1 is 1.22 bits per heavy atom. The first-order valence-electron chi connectivity index (χ1n) is 9.07. The average molecular weight is 380 g/mol. The molecule has 2 aliphatic heterocycles. The Hall–Kier alpha value is -2.55. The number of aryl methyl sites for hydroxylation is 1. The molecule has 2 atom stereocenters. The van der Waals surface area contributed by atoms with Gasteiger partial charge in [0.15, 0.2) is 0 Å². The Bertz CT molecular complexity index is 989. The van der Waals surface area contributed by atoms with E-state index in [-0.39, 0.29) is 11.8 Å². The van der Waals surface area contributed by atoms with Gasteiger partial charge in [-0.2, -0.15) is 5.10 Å². The van der Waals surface area contributed by atoms with Gasteiger partial charge >= 0.3 is 0 Å². The van der Waals surface area contributed by atoms with E-state index in [2.05, 4.69) is 38.4 Å². The van der Waals surface area contributed by atoms with Gasteiger partial charge in [-0.05, 0) is 30.7 Å². The molecule has 1 fully saturated rings. The maximum Gasteiger partial charge on any atom is 0.226 e. The van der Waals surface area contributed by atoms with Crippen LogP contribution in [0.15, 0.2) is 36.5 Å². The van der Waals surface area contributed by atoms with Gasteiger partial charge < -0.3 is 5.32 Å². The predicted molar refractivity (Wildman–Crippen MR) is 104 cm³/mol. The van der Waals surface area contributed by atoms with E-state index >= 15 is 0 Å². The van der Waals surface area contributed by atoms with E-state index in [0.717, 1.165) is 35.7 Å². The number of hydrazine groups is 1. The van der Waals surface area contributed by atoms with Gasteiger partial charge in [0.25, 0.3) is 0 Å². The minimum atomic E-state index is -0.00688. The van der Waals surface area contributed by atoms with Gasteiger partial charge in [0, 0.05) is 47.4 Å². The lowest BCUT2D eigenvalue weighted by Crippen LogP contribution is -2.24. The molecule has 138 valence electrons. The van der Waals surface area contributed by atoms with Crippen LogP contribution in [0.2, 0.25) is 0 Å². The Morgan fingerprint density at radius 2 is 2.11 bits per heavy atom. The number of amides is 1. The van der Waals surface area contributed by atoms with Gasteiger partial charge in [0.05, 0.1) is 11.7 Å². The number of nitrogens with one attached hydrogen (secondary N) is 3. The number of carbonyl (C=O) groups is 1. The molecular weight excluding hydrogens is 360 g/mol. The van der Waals surface area contributed by atoms with Crippen LogP contribution in [0.3, 0.4) is 0 Å². The van der Waals surface area contributed by atoms with Gasteiger partial charge in [-0.25, -0.2) is 5.43 Å². The molecule has 3 aromatic rings. The van der Waals surface area contributed by atoms with E-state index in [1.807, 2.05) is 25.2 Å². The van der Waals surface area contributed by atoms with E-state index in [0.29, 0.717) is 12.5 Å². The molecule has 1 saturated heterocycles. The highest BCUT2D eigenvalue weighted by Gasteiger charge is 2.34. The maximum absolute atomic E-state index is 12.4. The summed E-state index contributed by atoms with van der Waals surface area (Å²) in [5.41, 5.74) is 9.23.